The van der Waals surface area contributed by atoms with Gasteiger partial charge in [0.15, 0.2) is 0 Å². The van der Waals surface area contributed by atoms with Crippen molar-refractivity contribution in [3.05, 3.63) is 68.4 Å². The van der Waals surface area contributed by atoms with Gasteiger partial charge in [0.05, 0.1) is 4.92 Å². The summed E-state index contributed by atoms with van der Waals surface area (Å²) in [6.45, 7) is 2.60. The van der Waals surface area contributed by atoms with Crippen LogP contribution in [0.1, 0.15) is 24.1 Å². The fourth-order valence-electron chi connectivity index (χ4n) is 1.88. The van der Waals surface area contributed by atoms with Gasteiger partial charge < -0.3 is 5.32 Å². The minimum Gasteiger partial charge on any atom is -0.306 e. The van der Waals surface area contributed by atoms with Crippen molar-refractivity contribution in [2.24, 2.45) is 0 Å². The van der Waals surface area contributed by atoms with Gasteiger partial charge in [-0.05, 0) is 36.2 Å². The number of aromatic nitrogens is 1. The molecule has 0 aliphatic rings. The molecule has 0 saturated carbocycles. The molecular formula is C14H14BrN3O2. The van der Waals surface area contributed by atoms with E-state index in [1.165, 1.54) is 6.07 Å². The lowest BCUT2D eigenvalue weighted by molar-refractivity contribution is -0.385. The monoisotopic (exact) mass is 335 g/mol. The Bertz CT molecular complexity index is 605. The number of nitrogens with one attached hydrogen (secondary N) is 1. The summed E-state index contributed by atoms with van der Waals surface area (Å²) >= 11 is 3.29. The van der Waals surface area contributed by atoms with E-state index < -0.39 is 0 Å². The molecule has 0 aliphatic heterocycles. The Labute approximate surface area is 125 Å². The van der Waals surface area contributed by atoms with E-state index in [1.54, 1.807) is 18.5 Å². The number of benzene rings is 1. The summed E-state index contributed by atoms with van der Waals surface area (Å²) in [5.74, 6) is 0. The lowest BCUT2D eigenvalue weighted by atomic mass is 10.1. The second-order valence-corrected chi connectivity index (χ2v) is 5.37. The molecule has 1 aromatic heterocycles. The maximum absolute atomic E-state index is 10.8. The standard InChI is InChI=1S/C14H14BrN3O2/c1-10(12-2-4-16-5-3-12)17-9-11-6-13(15)8-14(7-11)18(19)20/h2-8,10,17H,9H2,1H3/t10-/m1/s1. The molecule has 0 aliphatic carbocycles. The van der Waals surface area contributed by atoms with Crippen molar-refractivity contribution in [2.75, 3.05) is 0 Å². The normalized spacial score (nSPS) is 12.1. The van der Waals surface area contributed by atoms with Crippen molar-refractivity contribution >= 4 is 21.6 Å². The quantitative estimate of drug-likeness (QED) is 0.669. The van der Waals surface area contributed by atoms with Gasteiger partial charge in [-0.2, -0.15) is 0 Å². The molecule has 0 spiro atoms. The lowest BCUT2D eigenvalue weighted by Crippen LogP contribution is -2.18. The Balaban J connectivity index is 2.06. The topological polar surface area (TPSA) is 68.1 Å². The molecule has 1 atom stereocenters. The molecule has 1 aromatic carbocycles. The fraction of sp³-hybridized carbons (Fsp3) is 0.214. The second-order valence-electron chi connectivity index (χ2n) is 4.46. The van der Waals surface area contributed by atoms with Crippen LogP contribution in [-0.2, 0) is 6.54 Å². The molecule has 0 fully saturated rings. The van der Waals surface area contributed by atoms with E-state index in [1.807, 2.05) is 25.1 Å². The van der Waals surface area contributed by atoms with Crippen LogP contribution >= 0.6 is 15.9 Å². The number of non-ortho nitro benzene ring substituents is 1. The van der Waals surface area contributed by atoms with Crippen LogP contribution in [0.15, 0.2) is 47.2 Å². The van der Waals surface area contributed by atoms with Crippen molar-refractivity contribution in [3.63, 3.8) is 0 Å². The maximum Gasteiger partial charge on any atom is 0.270 e. The van der Waals surface area contributed by atoms with E-state index in [0.717, 1.165) is 11.1 Å². The lowest BCUT2D eigenvalue weighted by Gasteiger charge is -2.14. The molecule has 0 bridgehead atoms. The first-order valence-electron chi connectivity index (χ1n) is 6.13. The number of hydrogen-bond donors (Lipinski definition) is 1. The second kappa shape index (κ2) is 6.58. The molecule has 0 unspecified atom stereocenters. The maximum atomic E-state index is 10.8. The van der Waals surface area contributed by atoms with E-state index in [2.05, 4.69) is 26.2 Å². The van der Waals surface area contributed by atoms with Crippen molar-refractivity contribution < 1.29 is 4.92 Å². The minimum absolute atomic E-state index is 0.0905. The zero-order valence-electron chi connectivity index (χ0n) is 10.9. The Kier molecular flexibility index (Phi) is 4.81. The van der Waals surface area contributed by atoms with Gasteiger partial charge in [0.1, 0.15) is 0 Å². The summed E-state index contributed by atoms with van der Waals surface area (Å²) in [7, 11) is 0. The van der Waals surface area contributed by atoms with Crippen LogP contribution in [0.2, 0.25) is 0 Å². The minimum atomic E-state index is -0.388. The molecule has 5 nitrogen and oxygen atoms in total. The third-order valence-electron chi connectivity index (χ3n) is 2.97. The van der Waals surface area contributed by atoms with E-state index in [0.29, 0.717) is 11.0 Å². The average Bonchev–Trinajstić information content (AvgIpc) is 2.45. The Morgan fingerprint density at radius 1 is 1.35 bits per heavy atom. The molecule has 0 amide bonds. The molecule has 20 heavy (non-hydrogen) atoms. The molecule has 1 N–H and O–H groups in total. The third kappa shape index (κ3) is 3.85. The smallest absolute Gasteiger partial charge is 0.270 e. The van der Waals surface area contributed by atoms with Gasteiger partial charge >= 0.3 is 0 Å². The van der Waals surface area contributed by atoms with E-state index >= 15 is 0 Å². The van der Waals surface area contributed by atoms with Gasteiger partial charge in [-0.3, -0.25) is 15.1 Å². The predicted molar refractivity (Wildman–Crippen MR) is 80.3 cm³/mol. The zero-order chi connectivity index (χ0) is 14.5. The first kappa shape index (κ1) is 14.6. The number of nitro groups is 1. The average molecular weight is 336 g/mol. The number of rotatable bonds is 5. The van der Waals surface area contributed by atoms with Gasteiger partial charge in [-0.25, -0.2) is 0 Å². The van der Waals surface area contributed by atoms with Crippen LogP contribution in [0.5, 0.6) is 0 Å². The molecule has 0 radical (unpaired) electrons. The summed E-state index contributed by atoms with van der Waals surface area (Å²) < 4.78 is 0.708. The first-order chi connectivity index (χ1) is 9.56. The van der Waals surface area contributed by atoms with E-state index in [9.17, 15) is 10.1 Å². The zero-order valence-corrected chi connectivity index (χ0v) is 12.5. The largest absolute Gasteiger partial charge is 0.306 e. The van der Waals surface area contributed by atoms with Crippen molar-refractivity contribution in [3.8, 4) is 0 Å². The van der Waals surface area contributed by atoms with Gasteiger partial charge in [0, 0.05) is 41.6 Å². The van der Waals surface area contributed by atoms with Crippen LogP contribution in [0, 0.1) is 10.1 Å². The van der Waals surface area contributed by atoms with E-state index in [-0.39, 0.29) is 16.7 Å². The SMILES string of the molecule is C[C@@H](NCc1cc(Br)cc([N+](=O)[O-])c1)c1ccncc1. The van der Waals surface area contributed by atoms with Crippen molar-refractivity contribution in [1.82, 2.24) is 10.3 Å². The number of nitro benzene ring substituents is 1. The molecule has 1 heterocycles. The number of pyridine rings is 1. The van der Waals surface area contributed by atoms with Gasteiger partial charge in [0.25, 0.3) is 5.69 Å². The van der Waals surface area contributed by atoms with Crippen LogP contribution in [0.3, 0.4) is 0 Å². The highest BCUT2D eigenvalue weighted by Gasteiger charge is 2.10. The van der Waals surface area contributed by atoms with Crippen molar-refractivity contribution in [1.29, 1.82) is 0 Å². The first-order valence-corrected chi connectivity index (χ1v) is 6.93. The molecule has 2 aromatic rings. The summed E-state index contributed by atoms with van der Waals surface area (Å²) in [6.07, 6.45) is 3.49. The molecule has 104 valence electrons. The van der Waals surface area contributed by atoms with Gasteiger partial charge in [-0.15, -0.1) is 0 Å². The van der Waals surface area contributed by atoms with Crippen molar-refractivity contribution in [2.45, 2.75) is 19.5 Å². The highest BCUT2D eigenvalue weighted by Crippen LogP contribution is 2.22. The molecule has 6 heteroatoms. The fourth-order valence-corrected chi connectivity index (χ4v) is 2.41. The van der Waals surface area contributed by atoms with Gasteiger partial charge in [0.2, 0.25) is 0 Å². The van der Waals surface area contributed by atoms with E-state index in [4.69, 9.17) is 0 Å². The van der Waals surface area contributed by atoms with Crippen LogP contribution in [-0.4, -0.2) is 9.91 Å². The Morgan fingerprint density at radius 2 is 2.05 bits per heavy atom. The Hall–Kier alpha value is -1.79. The summed E-state index contributed by atoms with van der Waals surface area (Å²) in [6, 6.07) is 8.99. The van der Waals surface area contributed by atoms with Crippen LogP contribution in [0.25, 0.3) is 0 Å². The predicted octanol–water partition coefficient (Wildman–Crippen LogP) is 3.60. The summed E-state index contributed by atoms with van der Waals surface area (Å²) in [4.78, 5) is 14.4. The molecular weight excluding hydrogens is 322 g/mol. The number of hydrogen-bond acceptors (Lipinski definition) is 4. The van der Waals surface area contributed by atoms with Crippen LogP contribution < -0.4 is 5.32 Å². The van der Waals surface area contributed by atoms with Crippen LogP contribution in [0.4, 0.5) is 5.69 Å². The molecule has 0 saturated heterocycles. The summed E-state index contributed by atoms with van der Waals surface area (Å²) in [5, 5.41) is 14.2. The number of halogens is 1. The highest BCUT2D eigenvalue weighted by molar-refractivity contribution is 9.10. The summed E-state index contributed by atoms with van der Waals surface area (Å²) in [5.41, 5.74) is 2.09. The number of nitrogens with zero attached hydrogens (tertiary/aromatic N) is 2. The van der Waals surface area contributed by atoms with Gasteiger partial charge in [-0.1, -0.05) is 15.9 Å². The third-order valence-corrected chi connectivity index (χ3v) is 3.43. The molecule has 2 rings (SSSR count). The highest BCUT2D eigenvalue weighted by atomic mass is 79.9. The Morgan fingerprint density at radius 3 is 2.70 bits per heavy atom.